The first kappa shape index (κ1) is 13.8. The molecule has 0 aliphatic carbocycles. The smallest absolute Gasteiger partial charge is 0.272 e. The van der Waals surface area contributed by atoms with Crippen molar-refractivity contribution in [1.82, 2.24) is 10.2 Å². The van der Waals surface area contributed by atoms with Crippen LogP contribution in [0.5, 0.6) is 0 Å². The zero-order valence-electron chi connectivity index (χ0n) is 12.9. The number of nitrogens with zero attached hydrogens (tertiary/aromatic N) is 2. The van der Waals surface area contributed by atoms with Gasteiger partial charge in [-0.25, -0.2) is 5.10 Å². The third kappa shape index (κ3) is 1.73. The van der Waals surface area contributed by atoms with Gasteiger partial charge in [-0.1, -0.05) is 0 Å². The molecule has 1 aromatic heterocycles. The Morgan fingerprint density at radius 2 is 1.86 bits per heavy atom. The number of rotatable bonds is 1. The predicted octanol–water partition coefficient (Wildman–Crippen LogP) is 2.26. The summed E-state index contributed by atoms with van der Waals surface area (Å²) < 4.78 is 0. The normalized spacial score (nSPS) is 16.9. The lowest BCUT2D eigenvalue weighted by atomic mass is 9.85. The largest absolute Gasteiger partial charge is 0.309 e. The summed E-state index contributed by atoms with van der Waals surface area (Å²) >= 11 is 0. The number of carbonyl (C=O) groups excluding carboxylic acids is 1. The number of amides is 1. The first-order valence-electron chi connectivity index (χ1n) is 7.12. The summed E-state index contributed by atoms with van der Waals surface area (Å²) in [6, 6.07) is 3.82. The molecule has 0 saturated carbocycles. The number of nitrogens with one attached hydrogen (secondary N) is 1. The van der Waals surface area contributed by atoms with Gasteiger partial charge in [0.05, 0.1) is 16.5 Å². The number of hydrogen-bond donors (Lipinski definition) is 1. The van der Waals surface area contributed by atoms with E-state index in [4.69, 9.17) is 0 Å². The zero-order chi connectivity index (χ0) is 15.5. The van der Waals surface area contributed by atoms with Gasteiger partial charge in [-0.15, -0.1) is 0 Å². The van der Waals surface area contributed by atoms with Gasteiger partial charge >= 0.3 is 0 Å². The molecular formula is C16H19N3O2. The van der Waals surface area contributed by atoms with Crippen molar-refractivity contribution in [3.63, 3.8) is 0 Å². The summed E-state index contributed by atoms with van der Waals surface area (Å²) in [5.41, 5.74) is 1.76. The molecule has 0 bridgehead atoms. The fourth-order valence-electron chi connectivity index (χ4n) is 3.07. The van der Waals surface area contributed by atoms with Crippen LogP contribution in [0.3, 0.4) is 0 Å². The topological polar surface area (TPSA) is 66.1 Å². The molecule has 110 valence electrons. The molecule has 1 aliphatic heterocycles. The lowest BCUT2D eigenvalue weighted by Crippen LogP contribution is -2.40. The Labute approximate surface area is 123 Å². The molecule has 1 aromatic carbocycles. The summed E-state index contributed by atoms with van der Waals surface area (Å²) in [5.74, 6) is 0.0739. The second-order valence-electron chi connectivity index (χ2n) is 6.45. The Bertz CT molecular complexity index is 818. The number of anilines is 1. The van der Waals surface area contributed by atoms with Crippen LogP contribution in [0.2, 0.25) is 0 Å². The Morgan fingerprint density at radius 1 is 1.19 bits per heavy atom. The summed E-state index contributed by atoms with van der Waals surface area (Å²) in [7, 11) is 0. The van der Waals surface area contributed by atoms with Crippen molar-refractivity contribution in [2.24, 2.45) is 0 Å². The van der Waals surface area contributed by atoms with Crippen molar-refractivity contribution < 1.29 is 4.79 Å². The lowest BCUT2D eigenvalue weighted by Gasteiger charge is -2.24. The molecule has 0 saturated heterocycles. The monoisotopic (exact) mass is 285 g/mol. The van der Waals surface area contributed by atoms with E-state index in [1.54, 1.807) is 4.90 Å². The highest BCUT2D eigenvalue weighted by molar-refractivity contribution is 6.10. The molecule has 0 radical (unpaired) electrons. The van der Waals surface area contributed by atoms with Crippen molar-refractivity contribution >= 4 is 22.4 Å². The van der Waals surface area contributed by atoms with E-state index in [0.717, 1.165) is 22.3 Å². The van der Waals surface area contributed by atoms with Crippen LogP contribution >= 0.6 is 0 Å². The molecular weight excluding hydrogens is 266 g/mol. The summed E-state index contributed by atoms with van der Waals surface area (Å²) in [5, 5.41) is 7.91. The number of aryl methyl sites for hydroxylation is 1. The van der Waals surface area contributed by atoms with Gasteiger partial charge < -0.3 is 4.90 Å². The number of fused-ring (bicyclic) bond motifs is 2. The Kier molecular flexibility index (Phi) is 2.74. The third-order valence-corrected chi connectivity index (χ3v) is 4.30. The van der Waals surface area contributed by atoms with Gasteiger partial charge in [0, 0.05) is 17.1 Å². The van der Waals surface area contributed by atoms with Crippen LogP contribution in [0.1, 0.15) is 39.0 Å². The molecule has 0 spiro atoms. The van der Waals surface area contributed by atoms with Crippen molar-refractivity contribution in [1.29, 1.82) is 0 Å². The van der Waals surface area contributed by atoms with E-state index in [-0.39, 0.29) is 17.5 Å². The third-order valence-electron chi connectivity index (χ3n) is 4.30. The number of hydrogen-bond acceptors (Lipinski definition) is 3. The molecule has 21 heavy (non-hydrogen) atoms. The minimum absolute atomic E-state index is 0.0532. The molecule has 0 fully saturated rings. The van der Waals surface area contributed by atoms with Crippen LogP contribution in [-0.2, 0) is 10.2 Å². The highest BCUT2D eigenvalue weighted by atomic mass is 16.2. The minimum Gasteiger partial charge on any atom is -0.309 e. The second-order valence-corrected chi connectivity index (χ2v) is 6.45. The van der Waals surface area contributed by atoms with Crippen molar-refractivity contribution in [3.05, 3.63) is 33.7 Å². The molecule has 5 nitrogen and oxygen atoms in total. The average Bonchev–Trinajstić information content (AvgIpc) is 2.61. The Hall–Kier alpha value is -2.17. The fourth-order valence-corrected chi connectivity index (χ4v) is 3.07. The van der Waals surface area contributed by atoms with Crippen LogP contribution < -0.4 is 10.5 Å². The standard InChI is InChI=1S/C16H19N3O2/c1-8(2)19-13-7-11-10(9(3)17-18-14(11)20)6-12(13)16(4,5)15(19)21/h6-8H,1-5H3,(H,18,20). The maximum Gasteiger partial charge on any atom is 0.272 e. The van der Waals surface area contributed by atoms with E-state index in [1.165, 1.54) is 0 Å². The SMILES string of the molecule is Cc1n[nH]c(=O)c2cc3c(cc12)C(C)(C)C(=O)N3C(C)C. The van der Waals surface area contributed by atoms with Crippen LogP contribution in [0.15, 0.2) is 16.9 Å². The average molecular weight is 285 g/mol. The second kappa shape index (κ2) is 4.16. The zero-order valence-corrected chi connectivity index (χ0v) is 12.9. The molecule has 2 heterocycles. The van der Waals surface area contributed by atoms with Gasteiger partial charge in [0.2, 0.25) is 5.91 Å². The molecule has 0 atom stereocenters. The van der Waals surface area contributed by atoms with E-state index in [2.05, 4.69) is 10.2 Å². The van der Waals surface area contributed by atoms with Gasteiger partial charge in [0.1, 0.15) is 0 Å². The maximum absolute atomic E-state index is 12.7. The van der Waals surface area contributed by atoms with Gasteiger partial charge in [0.25, 0.3) is 5.56 Å². The number of carbonyl (C=O) groups is 1. The molecule has 3 rings (SSSR count). The first-order valence-corrected chi connectivity index (χ1v) is 7.12. The first-order chi connectivity index (χ1) is 9.75. The predicted molar refractivity (Wildman–Crippen MR) is 82.7 cm³/mol. The van der Waals surface area contributed by atoms with Gasteiger partial charge in [-0.2, -0.15) is 5.10 Å². The van der Waals surface area contributed by atoms with Gasteiger partial charge in [-0.05, 0) is 52.3 Å². The number of aromatic nitrogens is 2. The minimum atomic E-state index is -0.581. The summed E-state index contributed by atoms with van der Waals surface area (Å²) in [6.45, 7) is 9.68. The molecule has 1 aliphatic rings. The molecule has 1 N–H and O–H groups in total. The van der Waals surface area contributed by atoms with Crippen LogP contribution in [0.4, 0.5) is 5.69 Å². The Morgan fingerprint density at radius 3 is 2.48 bits per heavy atom. The van der Waals surface area contributed by atoms with Crippen LogP contribution in [-0.4, -0.2) is 22.1 Å². The van der Waals surface area contributed by atoms with Crippen molar-refractivity contribution in [2.45, 2.75) is 46.1 Å². The van der Waals surface area contributed by atoms with Crippen LogP contribution in [0, 0.1) is 6.92 Å². The van der Waals surface area contributed by atoms with Crippen molar-refractivity contribution in [2.75, 3.05) is 4.90 Å². The van der Waals surface area contributed by atoms with Crippen LogP contribution in [0.25, 0.3) is 10.8 Å². The summed E-state index contributed by atoms with van der Waals surface area (Å²) in [4.78, 5) is 26.5. The highest BCUT2D eigenvalue weighted by Gasteiger charge is 2.45. The number of aromatic amines is 1. The molecule has 5 heteroatoms. The summed E-state index contributed by atoms with van der Waals surface area (Å²) in [6.07, 6.45) is 0. The van der Waals surface area contributed by atoms with E-state index >= 15 is 0 Å². The van der Waals surface area contributed by atoms with Gasteiger partial charge in [0.15, 0.2) is 0 Å². The molecule has 1 amide bonds. The van der Waals surface area contributed by atoms with E-state index < -0.39 is 5.41 Å². The number of H-pyrrole nitrogens is 1. The highest BCUT2D eigenvalue weighted by Crippen LogP contribution is 2.44. The van der Waals surface area contributed by atoms with E-state index in [0.29, 0.717) is 5.39 Å². The lowest BCUT2D eigenvalue weighted by molar-refractivity contribution is -0.122. The quantitative estimate of drug-likeness (QED) is 0.874. The number of benzene rings is 1. The maximum atomic E-state index is 12.7. The Balaban J connectivity index is 2.43. The van der Waals surface area contributed by atoms with E-state index in [9.17, 15) is 9.59 Å². The fraction of sp³-hybridized carbons (Fsp3) is 0.438. The molecule has 0 unspecified atom stereocenters. The van der Waals surface area contributed by atoms with Gasteiger partial charge in [-0.3, -0.25) is 9.59 Å². The van der Waals surface area contributed by atoms with Crippen molar-refractivity contribution in [3.8, 4) is 0 Å². The van der Waals surface area contributed by atoms with E-state index in [1.807, 2.05) is 46.8 Å². The molecule has 2 aromatic rings.